The van der Waals surface area contributed by atoms with Crippen molar-refractivity contribution in [1.82, 2.24) is 0 Å². The summed E-state index contributed by atoms with van der Waals surface area (Å²) in [7, 11) is 0. The summed E-state index contributed by atoms with van der Waals surface area (Å²) < 4.78 is 0. The van der Waals surface area contributed by atoms with E-state index in [4.69, 9.17) is 10.4 Å². The minimum Gasteiger partial charge on any atom is -0.494 e. The summed E-state index contributed by atoms with van der Waals surface area (Å²) in [5.41, 5.74) is 8.63. The van der Waals surface area contributed by atoms with Gasteiger partial charge in [-0.25, -0.2) is 0 Å². The Morgan fingerprint density at radius 2 is 2.00 bits per heavy atom. The van der Waals surface area contributed by atoms with Crippen LogP contribution in [0.4, 0.5) is 0 Å². The summed E-state index contributed by atoms with van der Waals surface area (Å²) >= 11 is 0. The second-order valence-electron chi connectivity index (χ2n) is 1.24. The molecule has 0 aromatic rings. The van der Waals surface area contributed by atoms with Crippen LogP contribution in [0, 0.1) is 11.3 Å². The lowest BCUT2D eigenvalue weighted by Gasteiger charge is -1.89. The Balaban J connectivity index is 4.62. The highest BCUT2D eigenvalue weighted by molar-refractivity contribution is 5.96. The van der Waals surface area contributed by atoms with E-state index < -0.39 is 17.4 Å². The third-order valence-electron chi connectivity index (χ3n) is 0.614. The van der Waals surface area contributed by atoms with Crippen molar-refractivity contribution < 1.29 is 9.90 Å². The van der Waals surface area contributed by atoms with Gasteiger partial charge in [-0.2, -0.15) is 5.26 Å². The summed E-state index contributed by atoms with van der Waals surface area (Å²) in [4.78, 5) is 10.1. The van der Waals surface area contributed by atoms with Crippen LogP contribution in [0.3, 0.4) is 0 Å². The average Bonchev–Trinajstić information content (AvgIpc) is 1.64. The van der Waals surface area contributed by atoms with Crippen LogP contribution < -0.4 is 11.5 Å². The molecule has 0 unspecified atom stereocenters. The normalized spacial score (nSPS) is 11.4. The van der Waals surface area contributed by atoms with Crippen molar-refractivity contribution in [3.63, 3.8) is 0 Å². The molecular formula is C4H5N3O2. The molecule has 0 bridgehead atoms. The predicted molar refractivity (Wildman–Crippen MR) is 28.6 cm³/mol. The van der Waals surface area contributed by atoms with E-state index >= 15 is 0 Å². The van der Waals surface area contributed by atoms with Crippen molar-refractivity contribution in [1.29, 1.82) is 5.26 Å². The lowest BCUT2D eigenvalue weighted by atomic mass is 10.3. The number of nitrogens with two attached hydrogens (primary N) is 2. The molecule has 1 amide bonds. The molecule has 0 aliphatic rings. The van der Waals surface area contributed by atoms with Gasteiger partial charge in [0.2, 0.25) is 5.88 Å². The van der Waals surface area contributed by atoms with E-state index in [9.17, 15) is 4.79 Å². The lowest BCUT2D eigenvalue weighted by Crippen LogP contribution is -2.17. The number of nitrogens with zero attached hydrogens (tertiary/aromatic N) is 1. The molecule has 5 heteroatoms. The molecule has 0 saturated carbocycles. The van der Waals surface area contributed by atoms with Crippen LogP contribution in [0.1, 0.15) is 0 Å². The highest BCUT2D eigenvalue weighted by Crippen LogP contribution is 1.90. The monoisotopic (exact) mass is 127 g/mol. The number of hydrogen-bond donors (Lipinski definition) is 3. The van der Waals surface area contributed by atoms with Crippen LogP contribution in [-0.2, 0) is 4.79 Å². The Kier molecular flexibility index (Phi) is 2.08. The van der Waals surface area contributed by atoms with E-state index in [2.05, 4.69) is 11.5 Å². The van der Waals surface area contributed by atoms with E-state index in [1.165, 1.54) is 6.07 Å². The molecule has 0 aliphatic carbocycles. The molecule has 0 rings (SSSR count). The maximum atomic E-state index is 10.1. The topological polar surface area (TPSA) is 113 Å². The fourth-order valence-electron chi connectivity index (χ4n) is 0.239. The van der Waals surface area contributed by atoms with Gasteiger partial charge in [0.1, 0.15) is 6.07 Å². The molecule has 5 nitrogen and oxygen atoms in total. The number of carbonyl (C=O) groups excluding carboxylic acids is 1. The summed E-state index contributed by atoms with van der Waals surface area (Å²) in [6.07, 6.45) is 0. The van der Waals surface area contributed by atoms with E-state index in [1.54, 1.807) is 0 Å². The summed E-state index contributed by atoms with van der Waals surface area (Å²) in [6, 6.07) is 1.33. The highest BCUT2D eigenvalue weighted by atomic mass is 16.3. The second kappa shape index (κ2) is 2.57. The number of hydrogen-bond acceptors (Lipinski definition) is 4. The van der Waals surface area contributed by atoms with Gasteiger partial charge in [0.25, 0.3) is 5.91 Å². The van der Waals surface area contributed by atoms with Gasteiger partial charge in [-0.1, -0.05) is 0 Å². The molecule has 0 atom stereocenters. The van der Waals surface area contributed by atoms with Gasteiger partial charge < -0.3 is 16.6 Å². The first-order chi connectivity index (χ1) is 4.09. The first-order valence-electron chi connectivity index (χ1n) is 1.98. The number of nitriles is 1. The summed E-state index contributed by atoms with van der Waals surface area (Å²) in [5.74, 6) is -1.87. The van der Waals surface area contributed by atoms with Crippen LogP contribution in [0.15, 0.2) is 11.5 Å². The Labute approximate surface area is 51.2 Å². The lowest BCUT2D eigenvalue weighted by molar-refractivity contribution is -0.114. The molecule has 48 valence electrons. The van der Waals surface area contributed by atoms with Crippen molar-refractivity contribution in [2.24, 2.45) is 11.5 Å². The molecule has 0 saturated heterocycles. The molecule has 0 aromatic heterocycles. The molecule has 0 spiro atoms. The number of rotatable bonds is 1. The Morgan fingerprint density at radius 1 is 1.56 bits per heavy atom. The van der Waals surface area contributed by atoms with Crippen LogP contribution >= 0.6 is 0 Å². The number of aliphatic hydroxyl groups excluding tert-OH is 1. The fourth-order valence-corrected chi connectivity index (χ4v) is 0.239. The van der Waals surface area contributed by atoms with E-state index in [0.29, 0.717) is 0 Å². The quantitative estimate of drug-likeness (QED) is 0.231. The van der Waals surface area contributed by atoms with Crippen molar-refractivity contribution >= 4 is 5.91 Å². The number of primary amides is 1. The van der Waals surface area contributed by atoms with Crippen LogP contribution in [0.2, 0.25) is 0 Å². The standard InChI is InChI=1S/C4H5N3O2/c5-1-2(3(6)8)4(7)9/h8H,6H2,(H2,7,9)/b3-2-. The van der Waals surface area contributed by atoms with E-state index in [1.807, 2.05) is 0 Å². The minimum absolute atomic E-state index is 0.616. The highest BCUT2D eigenvalue weighted by Gasteiger charge is 2.06. The Morgan fingerprint density at radius 3 is 2.00 bits per heavy atom. The third-order valence-corrected chi connectivity index (χ3v) is 0.614. The SMILES string of the molecule is N#C/C(C(N)=O)=C(\N)O. The maximum Gasteiger partial charge on any atom is 0.264 e. The third kappa shape index (κ3) is 1.69. The minimum atomic E-state index is -1.03. The number of amides is 1. The second-order valence-corrected chi connectivity index (χ2v) is 1.24. The van der Waals surface area contributed by atoms with Crippen molar-refractivity contribution in [3.8, 4) is 6.07 Å². The van der Waals surface area contributed by atoms with E-state index in [-0.39, 0.29) is 0 Å². The van der Waals surface area contributed by atoms with Gasteiger partial charge in [-0.3, -0.25) is 4.79 Å². The first kappa shape index (κ1) is 7.30. The Hall–Kier alpha value is -1.70. The van der Waals surface area contributed by atoms with Crippen molar-refractivity contribution in [3.05, 3.63) is 11.5 Å². The van der Waals surface area contributed by atoms with Gasteiger partial charge in [0, 0.05) is 0 Å². The molecule has 0 heterocycles. The number of carbonyl (C=O) groups is 1. The van der Waals surface area contributed by atoms with E-state index in [0.717, 1.165) is 0 Å². The van der Waals surface area contributed by atoms with Gasteiger partial charge in [-0.15, -0.1) is 0 Å². The van der Waals surface area contributed by atoms with Gasteiger partial charge >= 0.3 is 0 Å². The largest absolute Gasteiger partial charge is 0.494 e. The summed E-state index contributed by atoms with van der Waals surface area (Å²) in [6.45, 7) is 0. The number of aliphatic hydroxyl groups is 1. The molecular weight excluding hydrogens is 122 g/mol. The zero-order chi connectivity index (χ0) is 7.44. The summed E-state index contributed by atoms with van der Waals surface area (Å²) in [5, 5.41) is 16.3. The van der Waals surface area contributed by atoms with Gasteiger partial charge in [-0.05, 0) is 0 Å². The smallest absolute Gasteiger partial charge is 0.264 e. The molecule has 0 radical (unpaired) electrons. The predicted octanol–water partition coefficient (Wildman–Crippen LogP) is -1.28. The molecule has 0 fully saturated rings. The average molecular weight is 127 g/mol. The zero-order valence-corrected chi connectivity index (χ0v) is 4.46. The van der Waals surface area contributed by atoms with Crippen LogP contribution in [0.5, 0.6) is 0 Å². The van der Waals surface area contributed by atoms with Gasteiger partial charge in [0.15, 0.2) is 5.57 Å². The Bertz CT molecular complexity index is 196. The van der Waals surface area contributed by atoms with Crippen LogP contribution in [0.25, 0.3) is 0 Å². The van der Waals surface area contributed by atoms with Crippen molar-refractivity contribution in [2.75, 3.05) is 0 Å². The van der Waals surface area contributed by atoms with Crippen LogP contribution in [-0.4, -0.2) is 11.0 Å². The van der Waals surface area contributed by atoms with Gasteiger partial charge in [0.05, 0.1) is 0 Å². The fraction of sp³-hybridized carbons (Fsp3) is 0. The molecule has 9 heavy (non-hydrogen) atoms. The molecule has 0 aliphatic heterocycles. The first-order valence-corrected chi connectivity index (χ1v) is 1.98. The zero-order valence-electron chi connectivity index (χ0n) is 4.46. The van der Waals surface area contributed by atoms with Crippen molar-refractivity contribution in [2.45, 2.75) is 0 Å². The molecule has 0 aromatic carbocycles. The molecule has 5 N–H and O–H groups in total. The maximum absolute atomic E-state index is 10.1.